The third-order valence-corrected chi connectivity index (χ3v) is 3.23. The first-order valence-corrected chi connectivity index (χ1v) is 7.04. The minimum absolute atomic E-state index is 0.0242. The summed E-state index contributed by atoms with van der Waals surface area (Å²) in [4.78, 5) is 16.5. The minimum Gasteiger partial charge on any atom is -0.399 e. The van der Waals surface area contributed by atoms with Crippen molar-refractivity contribution in [3.05, 3.63) is 33.8 Å². The fraction of sp³-hybridized carbons (Fsp3) is 0.429. The van der Waals surface area contributed by atoms with Gasteiger partial charge in [0.25, 0.3) is 0 Å². The molecular weight excluding hydrogens is 299 g/mol. The molecule has 0 aliphatic rings. The predicted octanol–water partition coefficient (Wildman–Crippen LogP) is 3.65. The van der Waals surface area contributed by atoms with Crippen LogP contribution >= 0.6 is 23.2 Å². The smallest absolute Gasteiger partial charge is 0.220 e. The fourth-order valence-corrected chi connectivity index (χ4v) is 1.95. The van der Waals surface area contributed by atoms with Gasteiger partial charge in [-0.05, 0) is 26.0 Å². The maximum absolute atomic E-state index is 11.7. The van der Waals surface area contributed by atoms with E-state index in [9.17, 15) is 4.79 Å². The molecule has 6 heteroatoms. The molecule has 0 heterocycles. The molecule has 1 rings (SSSR count). The van der Waals surface area contributed by atoms with E-state index in [1.54, 1.807) is 18.2 Å². The first-order valence-electron chi connectivity index (χ1n) is 6.29. The van der Waals surface area contributed by atoms with E-state index < -0.39 is 0 Å². The van der Waals surface area contributed by atoms with Gasteiger partial charge in [-0.1, -0.05) is 34.4 Å². The Morgan fingerprint density at radius 1 is 1.30 bits per heavy atom. The highest BCUT2D eigenvalue weighted by molar-refractivity contribution is 6.42. The van der Waals surface area contributed by atoms with Crippen LogP contribution in [0.5, 0.6) is 0 Å². The monoisotopic (exact) mass is 316 g/mol. The minimum atomic E-state index is -0.0242. The summed E-state index contributed by atoms with van der Waals surface area (Å²) in [6, 6.07) is 5.32. The molecule has 0 radical (unpaired) electrons. The molecule has 0 bridgehead atoms. The number of benzene rings is 1. The number of rotatable bonds is 6. The molecule has 1 amide bonds. The topological polar surface area (TPSA) is 50.7 Å². The number of amides is 1. The number of hydrogen-bond acceptors (Lipinski definition) is 3. The Hall–Kier alpha value is -1.26. The molecule has 0 aromatic heterocycles. The molecule has 0 saturated carbocycles. The molecule has 20 heavy (non-hydrogen) atoms. The quantitative estimate of drug-likeness (QED) is 0.643. The molecule has 0 fully saturated rings. The van der Waals surface area contributed by atoms with Crippen LogP contribution in [0.15, 0.2) is 23.4 Å². The first kappa shape index (κ1) is 16.8. The number of carbonyl (C=O) groups is 1. The average molecular weight is 317 g/mol. The Labute approximate surface area is 129 Å². The molecule has 0 aliphatic heterocycles. The highest BCUT2D eigenvalue weighted by Gasteiger charge is 2.11. The lowest BCUT2D eigenvalue weighted by Gasteiger charge is -2.10. The lowest BCUT2D eigenvalue weighted by atomic mass is 10.1. The fourth-order valence-electron chi connectivity index (χ4n) is 1.65. The number of hydrogen-bond donors (Lipinski definition) is 1. The largest absolute Gasteiger partial charge is 0.399 e. The summed E-state index contributed by atoms with van der Waals surface area (Å²) >= 11 is 11.9. The molecule has 110 valence electrons. The van der Waals surface area contributed by atoms with E-state index in [-0.39, 0.29) is 11.9 Å². The van der Waals surface area contributed by atoms with Crippen molar-refractivity contribution in [3.8, 4) is 0 Å². The summed E-state index contributed by atoms with van der Waals surface area (Å²) in [7, 11) is 1.46. The third kappa shape index (κ3) is 5.39. The Bertz CT molecular complexity index is 502. The summed E-state index contributed by atoms with van der Waals surface area (Å²) in [6.45, 7) is 3.84. The molecule has 1 aromatic rings. The second-order valence-electron chi connectivity index (χ2n) is 4.57. The van der Waals surface area contributed by atoms with Gasteiger partial charge < -0.3 is 10.2 Å². The van der Waals surface area contributed by atoms with Gasteiger partial charge in [0.1, 0.15) is 7.11 Å². The van der Waals surface area contributed by atoms with Gasteiger partial charge in [0.05, 0.1) is 15.8 Å². The van der Waals surface area contributed by atoms with Gasteiger partial charge >= 0.3 is 0 Å². The maximum atomic E-state index is 11.7. The molecule has 0 saturated heterocycles. The normalized spacial score (nSPS) is 11.6. The van der Waals surface area contributed by atoms with E-state index in [4.69, 9.17) is 28.0 Å². The number of halogens is 2. The second-order valence-corrected chi connectivity index (χ2v) is 5.39. The molecule has 1 N–H and O–H groups in total. The van der Waals surface area contributed by atoms with Gasteiger partial charge in [-0.3, -0.25) is 4.79 Å². The summed E-state index contributed by atoms with van der Waals surface area (Å²) in [6.07, 6.45) is 0.797. The Kier molecular flexibility index (Phi) is 6.82. The highest BCUT2D eigenvalue weighted by atomic mass is 35.5. The van der Waals surface area contributed by atoms with Gasteiger partial charge in [-0.2, -0.15) is 0 Å². The van der Waals surface area contributed by atoms with E-state index in [0.29, 0.717) is 28.6 Å². The van der Waals surface area contributed by atoms with Crippen molar-refractivity contribution in [2.75, 3.05) is 7.11 Å². The summed E-state index contributed by atoms with van der Waals surface area (Å²) in [5.74, 6) is -0.0242. The second kappa shape index (κ2) is 8.12. The van der Waals surface area contributed by atoms with E-state index in [1.807, 2.05) is 13.8 Å². The van der Waals surface area contributed by atoms with E-state index in [0.717, 1.165) is 5.56 Å². The van der Waals surface area contributed by atoms with Crippen molar-refractivity contribution in [3.63, 3.8) is 0 Å². The molecule has 0 unspecified atom stereocenters. The molecule has 0 atom stereocenters. The standard InChI is InChI=1S/C14H18Cl2N2O2/c1-9(2)17-14(19)7-6-13(18-20-3)10-4-5-11(15)12(16)8-10/h4-5,8-9H,6-7H2,1-3H3,(H,17,19)/b18-13+. The first-order chi connectivity index (χ1) is 9.43. The highest BCUT2D eigenvalue weighted by Crippen LogP contribution is 2.23. The van der Waals surface area contributed by atoms with Crippen molar-refractivity contribution in [1.29, 1.82) is 0 Å². The number of nitrogens with one attached hydrogen (secondary N) is 1. The zero-order chi connectivity index (χ0) is 15.1. The molecule has 1 aromatic carbocycles. The van der Waals surface area contributed by atoms with Crippen LogP contribution in [0.4, 0.5) is 0 Å². The van der Waals surface area contributed by atoms with Crippen LogP contribution in [0.2, 0.25) is 10.0 Å². The zero-order valence-corrected chi connectivity index (χ0v) is 13.3. The van der Waals surface area contributed by atoms with E-state index in [2.05, 4.69) is 10.5 Å². The SMILES string of the molecule is CO/N=C(\CCC(=O)NC(C)C)c1ccc(Cl)c(Cl)c1. The van der Waals surface area contributed by atoms with Gasteiger partial charge in [0.2, 0.25) is 5.91 Å². The maximum Gasteiger partial charge on any atom is 0.220 e. The average Bonchev–Trinajstić information content (AvgIpc) is 2.37. The van der Waals surface area contributed by atoms with Crippen LogP contribution in [0.1, 0.15) is 32.3 Å². The van der Waals surface area contributed by atoms with Gasteiger partial charge in [0, 0.05) is 24.4 Å². The van der Waals surface area contributed by atoms with Crippen LogP contribution in [-0.2, 0) is 9.63 Å². The summed E-state index contributed by atoms with van der Waals surface area (Å²) in [5.41, 5.74) is 1.45. The van der Waals surface area contributed by atoms with Crippen LogP contribution < -0.4 is 5.32 Å². The van der Waals surface area contributed by atoms with E-state index >= 15 is 0 Å². The number of oxime groups is 1. The number of nitrogens with zero attached hydrogens (tertiary/aromatic N) is 1. The summed E-state index contributed by atoms with van der Waals surface area (Å²) < 4.78 is 0. The molecular formula is C14H18Cl2N2O2. The Morgan fingerprint density at radius 3 is 2.55 bits per heavy atom. The molecule has 0 aliphatic carbocycles. The Balaban J connectivity index is 2.77. The van der Waals surface area contributed by atoms with Crippen LogP contribution in [-0.4, -0.2) is 24.8 Å². The molecule has 0 spiro atoms. The van der Waals surface area contributed by atoms with Crippen molar-refractivity contribution < 1.29 is 9.63 Å². The number of carbonyl (C=O) groups excluding carboxylic acids is 1. The van der Waals surface area contributed by atoms with Crippen LogP contribution in [0.25, 0.3) is 0 Å². The van der Waals surface area contributed by atoms with E-state index in [1.165, 1.54) is 7.11 Å². The predicted molar refractivity (Wildman–Crippen MR) is 82.5 cm³/mol. The van der Waals surface area contributed by atoms with Crippen molar-refractivity contribution >= 4 is 34.8 Å². The lowest BCUT2D eigenvalue weighted by molar-refractivity contribution is -0.121. The lowest BCUT2D eigenvalue weighted by Crippen LogP contribution is -2.30. The Morgan fingerprint density at radius 2 is 2.00 bits per heavy atom. The van der Waals surface area contributed by atoms with Crippen molar-refractivity contribution in [2.45, 2.75) is 32.7 Å². The van der Waals surface area contributed by atoms with Gasteiger partial charge in [-0.15, -0.1) is 0 Å². The molecule has 4 nitrogen and oxygen atoms in total. The van der Waals surface area contributed by atoms with Crippen molar-refractivity contribution in [2.24, 2.45) is 5.16 Å². The van der Waals surface area contributed by atoms with Crippen molar-refractivity contribution in [1.82, 2.24) is 5.32 Å². The van der Waals surface area contributed by atoms with Crippen LogP contribution in [0, 0.1) is 0 Å². The van der Waals surface area contributed by atoms with Crippen LogP contribution in [0.3, 0.4) is 0 Å². The van der Waals surface area contributed by atoms with Gasteiger partial charge in [0.15, 0.2) is 0 Å². The summed E-state index contributed by atoms with van der Waals surface area (Å²) in [5, 5.41) is 7.70. The third-order valence-electron chi connectivity index (χ3n) is 2.49. The zero-order valence-electron chi connectivity index (χ0n) is 11.7. The van der Waals surface area contributed by atoms with Gasteiger partial charge in [-0.25, -0.2) is 0 Å².